The number of ether oxygens (including phenoxy) is 1. The van der Waals surface area contributed by atoms with Crippen molar-refractivity contribution in [2.75, 3.05) is 33.8 Å². The molecule has 1 heterocycles. The number of methoxy groups -OCH3 is 1. The molecule has 158 valence electrons. The predicted molar refractivity (Wildman–Crippen MR) is 131 cm³/mol. The molecule has 5 nitrogen and oxygen atoms in total. The van der Waals surface area contributed by atoms with Crippen LogP contribution in [-0.2, 0) is 13.1 Å². The van der Waals surface area contributed by atoms with Crippen LogP contribution in [0.2, 0.25) is 0 Å². The Bertz CT molecular complexity index is 728. The summed E-state index contributed by atoms with van der Waals surface area (Å²) in [6.07, 6.45) is 2.44. The van der Waals surface area contributed by atoms with Crippen LogP contribution in [-0.4, -0.2) is 44.7 Å². The monoisotopic (exact) mass is 508 g/mol. The zero-order valence-electron chi connectivity index (χ0n) is 17.4. The van der Waals surface area contributed by atoms with Crippen molar-refractivity contribution in [2.45, 2.75) is 25.9 Å². The molecule has 1 saturated heterocycles. The van der Waals surface area contributed by atoms with Crippen molar-refractivity contribution in [3.8, 4) is 5.75 Å². The quantitative estimate of drug-likeness (QED) is 0.339. The van der Waals surface area contributed by atoms with Crippen LogP contribution in [0.1, 0.15) is 24.0 Å². The van der Waals surface area contributed by atoms with Gasteiger partial charge in [-0.05, 0) is 55.1 Å². The van der Waals surface area contributed by atoms with E-state index < -0.39 is 0 Å². The first kappa shape index (κ1) is 23.5. The number of rotatable bonds is 7. The summed E-state index contributed by atoms with van der Waals surface area (Å²) in [6, 6.07) is 18.8. The van der Waals surface area contributed by atoms with Crippen LogP contribution in [0.15, 0.2) is 59.6 Å². The summed E-state index contributed by atoms with van der Waals surface area (Å²) < 4.78 is 5.24. The first-order valence-electron chi connectivity index (χ1n) is 10.1. The molecule has 1 aliphatic rings. The SMILES string of the molecule is CN=C(NCc1ccccc1)NCC1CCN(Cc2ccc(OC)cc2)CC1.I. The predicted octanol–water partition coefficient (Wildman–Crippen LogP) is 3.89. The van der Waals surface area contributed by atoms with E-state index in [1.54, 1.807) is 7.11 Å². The molecule has 6 heteroatoms. The van der Waals surface area contributed by atoms with Crippen LogP contribution in [0.4, 0.5) is 0 Å². The Hall–Kier alpha value is -1.80. The summed E-state index contributed by atoms with van der Waals surface area (Å²) >= 11 is 0. The third-order valence-electron chi connectivity index (χ3n) is 5.36. The average Bonchev–Trinajstić information content (AvgIpc) is 2.76. The molecular formula is C23H33IN4O. The average molecular weight is 508 g/mol. The fraction of sp³-hybridized carbons (Fsp3) is 0.435. The fourth-order valence-corrected chi connectivity index (χ4v) is 3.58. The van der Waals surface area contributed by atoms with E-state index >= 15 is 0 Å². The lowest BCUT2D eigenvalue weighted by Gasteiger charge is -2.32. The van der Waals surface area contributed by atoms with Crippen molar-refractivity contribution < 1.29 is 4.74 Å². The van der Waals surface area contributed by atoms with Gasteiger partial charge >= 0.3 is 0 Å². The molecule has 1 aliphatic heterocycles. The molecule has 0 saturated carbocycles. The number of likely N-dealkylation sites (tertiary alicyclic amines) is 1. The number of nitrogens with one attached hydrogen (secondary N) is 2. The molecule has 0 spiro atoms. The van der Waals surface area contributed by atoms with Gasteiger partial charge in [0.1, 0.15) is 5.75 Å². The Morgan fingerprint density at radius 1 is 1.00 bits per heavy atom. The Kier molecular flexibility index (Phi) is 10.3. The molecular weight excluding hydrogens is 475 g/mol. The summed E-state index contributed by atoms with van der Waals surface area (Å²) in [5.74, 6) is 2.50. The van der Waals surface area contributed by atoms with Gasteiger partial charge in [-0.15, -0.1) is 24.0 Å². The topological polar surface area (TPSA) is 48.9 Å². The molecule has 0 amide bonds. The number of guanidine groups is 1. The van der Waals surface area contributed by atoms with E-state index in [4.69, 9.17) is 4.74 Å². The lowest BCUT2D eigenvalue weighted by molar-refractivity contribution is 0.178. The number of aliphatic imine (C=N–C) groups is 1. The van der Waals surface area contributed by atoms with Crippen molar-refractivity contribution >= 4 is 29.9 Å². The highest BCUT2D eigenvalue weighted by atomic mass is 127. The maximum atomic E-state index is 5.24. The second-order valence-electron chi connectivity index (χ2n) is 7.36. The number of piperidine rings is 1. The van der Waals surface area contributed by atoms with Crippen molar-refractivity contribution in [1.29, 1.82) is 0 Å². The van der Waals surface area contributed by atoms with Crippen molar-refractivity contribution in [3.63, 3.8) is 0 Å². The zero-order chi connectivity index (χ0) is 19.6. The molecule has 0 aliphatic carbocycles. The summed E-state index contributed by atoms with van der Waals surface area (Å²) in [4.78, 5) is 6.89. The smallest absolute Gasteiger partial charge is 0.191 e. The normalized spacial score (nSPS) is 15.4. The molecule has 0 unspecified atom stereocenters. The minimum atomic E-state index is 0. The Balaban J connectivity index is 0.00000300. The Morgan fingerprint density at radius 2 is 1.69 bits per heavy atom. The largest absolute Gasteiger partial charge is 0.497 e. The van der Waals surface area contributed by atoms with E-state index in [0.717, 1.165) is 44.4 Å². The highest BCUT2D eigenvalue weighted by Gasteiger charge is 2.19. The third-order valence-corrected chi connectivity index (χ3v) is 5.36. The lowest BCUT2D eigenvalue weighted by Crippen LogP contribution is -2.42. The van der Waals surface area contributed by atoms with Gasteiger partial charge in [-0.2, -0.15) is 0 Å². The highest BCUT2D eigenvalue weighted by molar-refractivity contribution is 14.0. The van der Waals surface area contributed by atoms with Crippen LogP contribution < -0.4 is 15.4 Å². The van der Waals surface area contributed by atoms with Crippen LogP contribution >= 0.6 is 24.0 Å². The van der Waals surface area contributed by atoms with Crippen molar-refractivity contribution in [1.82, 2.24) is 15.5 Å². The highest BCUT2D eigenvalue weighted by Crippen LogP contribution is 2.19. The lowest BCUT2D eigenvalue weighted by atomic mass is 9.96. The number of hydrogen-bond acceptors (Lipinski definition) is 3. The van der Waals surface area contributed by atoms with Crippen molar-refractivity contribution in [2.24, 2.45) is 10.9 Å². The zero-order valence-corrected chi connectivity index (χ0v) is 19.8. The van der Waals surface area contributed by atoms with E-state index in [-0.39, 0.29) is 24.0 Å². The molecule has 0 bridgehead atoms. The Morgan fingerprint density at radius 3 is 2.31 bits per heavy atom. The number of benzene rings is 2. The van der Waals surface area contributed by atoms with Gasteiger partial charge in [0.15, 0.2) is 5.96 Å². The summed E-state index contributed by atoms with van der Waals surface area (Å²) in [7, 11) is 3.54. The second kappa shape index (κ2) is 12.7. The number of halogens is 1. The van der Waals surface area contributed by atoms with Gasteiger partial charge < -0.3 is 15.4 Å². The molecule has 2 aromatic rings. The Labute approximate surface area is 192 Å². The van der Waals surface area contributed by atoms with Gasteiger partial charge in [0.25, 0.3) is 0 Å². The molecule has 1 fully saturated rings. The minimum absolute atomic E-state index is 0. The van der Waals surface area contributed by atoms with Crippen LogP contribution in [0, 0.1) is 5.92 Å². The first-order chi connectivity index (χ1) is 13.8. The number of hydrogen-bond donors (Lipinski definition) is 2. The van der Waals surface area contributed by atoms with Gasteiger partial charge in [-0.3, -0.25) is 9.89 Å². The molecule has 0 aromatic heterocycles. The summed E-state index contributed by atoms with van der Waals surface area (Å²) in [5.41, 5.74) is 2.61. The molecule has 0 radical (unpaired) electrons. The van der Waals surface area contributed by atoms with Gasteiger partial charge in [-0.25, -0.2) is 0 Å². The number of nitrogens with zero attached hydrogens (tertiary/aromatic N) is 2. The molecule has 0 atom stereocenters. The maximum absolute atomic E-state index is 5.24. The van der Waals surface area contributed by atoms with E-state index in [1.807, 2.05) is 25.2 Å². The first-order valence-corrected chi connectivity index (χ1v) is 10.1. The summed E-state index contributed by atoms with van der Waals surface area (Å²) in [5, 5.41) is 6.89. The molecule has 3 rings (SSSR count). The van der Waals surface area contributed by atoms with E-state index in [9.17, 15) is 0 Å². The van der Waals surface area contributed by atoms with Gasteiger partial charge in [0, 0.05) is 26.7 Å². The molecule has 2 aromatic carbocycles. The maximum Gasteiger partial charge on any atom is 0.191 e. The molecule has 29 heavy (non-hydrogen) atoms. The fourth-order valence-electron chi connectivity index (χ4n) is 3.58. The van der Waals surface area contributed by atoms with Gasteiger partial charge in [0.2, 0.25) is 0 Å². The van der Waals surface area contributed by atoms with Crippen LogP contribution in [0.25, 0.3) is 0 Å². The summed E-state index contributed by atoms with van der Waals surface area (Å²) in [6.45, 7) is 5.08. The second-order valence-corrected chi connectivity index (χ2v) is 7.36. The van der Waals surface area contributed by atoms with E-state index in [2.05, 4.69) is 56.9 Å². The van der Waals surface area contributed by atoms with E-state index in [0.29, 0.717) is 5.92 Å². The van der Waals surface area contributed by atoms with Crippen molar-refractivity contribution in [3.05, 3.63) is 65.7 Å². The van der Waals surface area contributed by atoms with E-state index in [1.165, 1.54) is 24.0 Å². The minimum Gasteiger partial charge on any atom is -0.497 e. The van der Waals surface area contributed by atoms with Gasteiger partial charge in [-0.1, -0.05) is 42.5 Å². The van der Waals surface area contributed by atoms with Gasteiger partial charge in [0.05, 0.1) is 7.11 Å². The van der Waals surface area contributed by atoms with Crippen LogP contribution in [0.3, 0.4) is 0 Å². The third kappa shape index (κ3) is 7.85. The standard InChI is InChI=1S/C23H32N4O.HI/c1-24-23(25-16-19-6-4-3-5-7-19)26-17-20-12-14-27(15-13-20)18-21-8-10-22(28-2)11-9-21;/h3-11,20H,12-18H2,1-2H3,(H2,24,25,26);1H. The van der Waals surface area contributed by atoms with Crippen LogP contribution in [0.5, 0.6) is 5.75 Å². The molecule has 2 N–H and O–H groups in total.